The molecular weight excluding hydrogens is 421 g/mol. The summed E-state index contributed by atoms with van der Waals surface area (Å²) in [4.78, 5) is 12.3. The molecule has 0 saturated heterocycles. The molecule has 9 heteroatoms. The van der Waals surface area contributed by atoms with Gasteiger partial charge in [0.05, 0.1) is 31.6 Å². The summed E-state index contributed by atoms with van der Waals surface area (Å²) >= 11 is 6.02. The average molecular weight is 439 g/mol. The third-order valence-electron chi connectivity index (χ3n) is 4.26. The molecule has 0 radical (unpaired) electrons. The quantitative estimate of drug-likeness (QED) is 0.601. The first-order chi connectivity index (χ1) is 14.3. The molecule has 0 amide bonds. The molecule has 5 nitrogen and oxygen atoms in total. The molecule has 1 heterocycles. The Bertz CT molecular complexity index is 1060. The van der Waals surface area contributed by atoms with Gasteiger partial charge >= 0.3 is 6.18 Å². The van der Waals surface area contributed by atoms with Crippen LogP contribution in [0.1, 0.15) is 11.1 Å². The summed E-state index contributed by atoms with van der Waals surface area (Å²) < 4.78 is 46.1. The van der Waals surface area contributed by atoms with Gasteiger partial charge in [0, 0.05) is 10.6 Å². The Morgan fingerprint density at radius 1 is 1.10 bits per heavy atom. The summed E-state index contributed by atoms with van der Waals surface area (Å²) in [6.07, 6.45) is -6.10. The molecule has 1 N–H and O–H groups in total. The first-order valence-corrected chi connectivity index (χ1v) is 9.37. The van der Waals surface area contributed by atoms with E-state index in [2.05, 4.69) is 5.10 Å². The highest BCUT2D eigenvalue weighted by atomic mass is 35.5. The van der Waals surface area contributed by atoms with E-state index in [1.807, 2.05) is 0 Å². The van der Waals surface area contributed by atoms with Crippen LogP contribution >= 0.6 is 11.6 Å². The SMILES string of the molecule is O=c1c(C(F)(F)F)cc(-c2ccccc2)nn1C[C@H](O)COCc1ccccc1Cl. The minimum absolute atomic E-state index is 0.0216. The summed E-state index contributed by atoms with van der Waals surface area (Å²) in [6.45, 7) is -0.557. The van der Waals surface area contributed by atoms with Gasteiger partial charge in [-0.15, -0.1) is 0 Å². The summed E-state index contributed by atoms with van der Waals surface area (Å²) in [5.41, 5.74) is -1.58. The molecule has 1 aromatic heterocycles. The maximum Gasteiger partial charge on any atom is 0.421 e. The molecule has 30 heavy (non-hydrogen) atoms. The monoisotopic (exact) mass is 438 g/mol. The standard InChI is InChI=1S/C21H18ClF3N2O3/c22-18-9-5-4-8-15(18)12-30-13-16(28)11-27-20(29)17(21(23,24)25)10-19(26-27)14-6-2-1-3-7-14/h1-10,16,28H,11-13H2/t16-/m0/s1. The Labute approximate surface area is 175 Å². The van der Waals surface area contributed by atoms with Gasteiger partial charge in [-0.25, -0.2) is 4.68 Å². The van der Waals surface area contributed by atoms with E-state index >= 15 is 0 Å². The van der Waals surface area contributed by atoms with Gasteiger partial charge in [-0.05, 0) is 17.7 Å². The zero-order chi connectivity index (χ0) is 21.7. The normalized spacial score (nSPS) is 12.7. The minimum Gasteiger partial charge on any atom is -0.389 e. The highest BCUT2D eigenvalue weighted by Gasteiger charge is 2.35. The Morgan fingerprint density at radius 3 is 2.43 bits per heavy atom. The summed E-state index contributed by atoms with van der Waals surface area (Å²) in [5, 5.41) is 14.7. The highest BCUT2D eigenvalue weighted by molar-refractivity contribution is 6.31. The molecule has 158 valence electrons. The van der Waals surface area contributed by atoms with Gasteiger partial charge in [-0.1, -0.05) is 60.1 Å². The number of alkyl halides is 3. The first kappa shape index (κ1) is 22.0. The van der Waals surface area contributed by atoms with Crippen LogP contribution in [0.15, 0.2) is 65.5 Å². The van der Waals surface area contributed by atoms with E-state index < -0.39 is 29.9 Å². The van der Waals surface area contributed by atoms with E-state index in [0.717, 1.165) is 0 Å². The second kappa shape index (κ2) is 9.42. The third-order valence-corrected chi connectivity index (χ3v) is 4.63. The van der Waals surface area contributed by atoms with E-state index in [4.69, 9.17) is 16.3 Å². The van der Waals surface area contributed by atoms with Gasteiger partial charge < -0.3 is 9.84 Å². The molecule has 0 fully saturated rings. The van der Waals surface area contributed by atoms with Crippen molar-refractivity contribution in [3.8, 4) is 11.3 Å². The van der Waals surface area contributed by atoms with Crippen LogP contribution in [0.4, 0.5) is 13.2 Å². The molecule has 0 aliphatic heterocycles. The lowest BCUT2D eigenvalue weighted by Crippen LogP contribution is -2.35. The van der Waals surface area contributed by atoms with Crippen molar-refractivity contribution in [3.05, 3.63) is 87.2 Å². The number of rotatable bonds is 7. The Kier molecular flexibility index (Phi) is 6.91. The summed E-state index contributed by atoms with van der Waals surface area (Å²) in [5.74, 6) is 0. The second-order valence-electron chi connectivity index (χ2n) is 6.55. The molecule has 0 bridgehead atoms. The molecule has 2 aromatic carbocycles. The van der Waals surface area contributed by atoms with E-state index in [1.54, 1.807) is 54.6 Å². The predicted octanol–water partition coefficient (Wildman–Crippen LogP) is 4.16. The Balaban J connectivity index is 1.78. The van der Waals surface area contributed by atoms with Crippen molar-refractivity contribution in [1.82, 2.24) is 9.78 Å². The second-order valence-corrected chi connectivity index (χ2v) is 6.96. The largest absolute Gasteiger partial charge is 0.421 e. The summed E-state index contributed by atoms with van der Waals surface area (Å²) in [7, 11) is 0. The van der Waals surface area contributed by atoms with E-state index in [9.17, 15) is 23.1 Å². The van der Waals surface area contributed by atoms with Gasteiger partial charge in [0.2, 0.25) is 0 Å². The van der Waals surface area contributed by atoms with Gasteiger partial charge in [0.15, 0.2) is 0 Å². The molecule has 0 saturated carbocycles. The van der Waals surface area contributed by atoms with Gasteiger partial charge in [0.25, 0.3) is 5.56 Å². The molecule has 1 atom stereocenters. The maximum atomic E-state index is 13.3. The van der Waals surface area contributed by atoms with Crippen molar-refractivity contribution >= 4 is 11.6 Å². The van der Waals surface area contributed by atoms with Crippen LogP contribution < -0.4 is 5.56 Å². The van der Waals surface area contributed by atoms with Gasteiger partial charge in [-0.3, -0.25) is 4.79 Å². The predicted molar refractivity (Wildman–Crippen MR) is 106 cm³/mol. The number of aliphatic hydroxyl groups excluding tert-OH is 1. The number of benzene rings is 2. The molecule has 0 spiro atoms. The number of hydrogen-bond donors (Lipinski definition) is 1. The zero-order valence-corrected chi connectivity index (χ0v) is 16.4. The van der Waals surface area contributed by atoms with Crippen molar-refractivity contribution in [2.75, 3.05) is 6.61 Å². The van der Waals surface area contributed by atoms with Crippen LogP contribution in [0.2, 0.25) is 5.02 Å². The molecule has 3 rings (SSSR count). The number of nitrogens with zero attached hydrogens (tertiary/aromatic N) is 2. The van der Waals surface area contributed by atoms with Crippen LogP contribution in [0.3, 0.4) is 0 Å². The minimum atomic E-state index is -4.85. The van der Waals surface area contributed by atoms with Crippen molar-refractivity contribution in [2.45, 2.75) is 25.4 Å². The number of halogens is 4. The number of aliphatic hydroxyl groups is 1. The molecular formula is C21H18ClF3N2O3. The Hall–Kier alpha value is -2.68. The van der Waals surface area contributed by atoms with Gasteiger partial charge in [0.1, 0.15) is 5.56 Å². The molecule has 0 aliphatic carbocycles. The average Bonchev–Trinajstić information content (AvgIpc) is 2.71. The van der Waals surface area contributed by atoms with Crippen molar-refractivity contribution in [2.24, 2.45) is 0 Å². The first-order valence-electron chi connectivity index (χ1n) is 8.99. The van der Waals surface area contributed by atoms with Crippen LogP contribution in [0.5, 0.6) is 0 Å². The van der Waals surface area contributed by atoms with E-state index in [1.165, 1.54) is 0 Å². The number of hydrogen-bond acceptors (Lipinski definition) is 4. The molecule has 0 aliphatic rings. The van der Waals surface area contributed by atoms with Crippen molar-refractivity contribution in [3.63, 3.8) is 0 Å². The topological polar surface area (TPSA) is 64.4 Å². The maximum absolute atomic E-state index is 13.3. The van der Waals surface area contributed by atoms with E-state index in [0.29, 0.717) is 26.9 Å². The molecule has 3 aromatic rings. The smallest absolute Gasteiger partial charge is 0.389 e. The summed E-state index contributed by atoms with van der Waals surface area (Å²) in [6, 6.07) is 15.9. The fourth-order valence-electron chi connectivity index (χ4n) is 2.79. The zero-order valence-electron chi connectivity index (χ0n) is 15.6. The molecule has 0 unspecified atom stereocenters. The highest BCUT2D eigenvalue weighted by Crippen LogP contribution is 2.29. The van der Waals surface area contributed by atoms with Crippen LogP contribution in [-0.2, 0) is 24.1 Å². The lowest BCUT2D eigenvalue weighted by Gasteiger charge is -2.16. The Morgan fingerprint density at radius 2 is 1.77 bits per heavy atom. The lowest BCUT2D eigenvalue weighted by atomic mass is 10.1. The van der Waals surface area contributed by atoms with Gasteiger partial charge in [-0.2, -0.15) is 18.3 Å². The number of ether oxygens (including phenoxy) is 1. The fraction of sp³-hybridized carbons (Fsp3) is 0.238. The lowest BCUT2D eigenvalue weighted by molar-refractivity contribution is -0.139. The number of aromatic nitrogens is 2. The van der Waals surface area contributed by atoms with Crippen LogP contribution in [-0.4, -0.2) is 27.6 Å². The van der Waals surface area contributed by atoms with E-state index in [-0.39, 0.29) is 18.9 Å². The third kappa shape index (κ3) is 5.47. The fourth-order valence-corrected chi connectivity index (χ4v) is 2.98. The van der Waals surface area contributed by atoms with Crippen molar-refractivity contribution < 1.29 is 23.0 Å². The van der Waals surface area contributed by atoms with Crippen LogP contribution in [0, 0.1) is 0 Å². The van der Waals surface area contributed by atoms with Crippen molar-refractivity contribution in [1.29, 1.82) is 0 Å². The van der Waals surface area contributed by atoms with Crippen LogP contribution in [0.25, 0.3) is 11.3 Å².